The van der Waals surface area contributed by atoms with Crippen molar-refractivity contribution >= 4 is 11.8 Å². The topological polar surface area (TPSA) is 72.8 Å². The molecular formula is C40H48O5. The van der Waals surface area contributed by atoms with Crippen molar-refractivity contribution in [3.05, 3.63) is 132 Å². The molecule has 0 aliphatic heterocycles. The number of ketones is 1. The van der Waals surface area contributed by atoms with Crippen LogP contribution < -0.4 is 0 Å². The summed E-state index contributed by atoms with van der Waals surface area (Å²) >= 11 is 0. The molecule has 0 aromatic heterocycles. The van der Waals surface area contributed by atoms with Crippen LogP contribution in [-0.2, 0) is 19.1 Å². The number of carbonyl (C=O) groups is 2. The van der Waals surface area contributed by atoms with Gasteiger partial charge in [-0.05, 0) is 83.6 Å². The van der Waals surface area contributed by atoms with Gasteiger partial charge in [0.25, 0.3) is 0 Å². The minimum absolute atomic E-state index is 0.166. The van der Waals surface area contributed by atoms with Gasteiger partial charge in [-0.15, -0.1) is 0 Å². The van der Waals surface area contributed by atoms with Crippen molar-refractivity contribution in [3.8, 4) is 0 Å². The van der Waals surface area contributed by atoms with Gasteiger partial charge in [-0.2, -0.15) is 0 Å². The van der Waals surface area contributed by atoms with Crippen LogP contribution in [0.3, 0.4) is 0 Å². The average Bonchev–Trinajstić information content (AvgIpc) is 3.06. The maximum Gasteiger partial charge on any atom is 0.339 e. The van der Waals surface area contributed by atoms with Gasteiger partial charge in [-0.1, -0.05) is 118 Å². The monoisotopic (exact) mass is 608 g/mol. The van der Waals surface area contributed by atoms with Crippen molar-refractivity contribution < 1.29 is 24.2 Å². The van der Waals surface area contributed by atoms with E-state index in [1.165, 1.54) is 35.5 Å². The molecule has 0 radical (unpaired) electrons. The standard InChI is InChI=1S/C40H48O5/c1-6-17-34-33(24-16-25-44-26-37(42)40(43)45-29(5)36(41)7-2)28(4)39(31-20-12-9-13-21-31)35-23-15-14-22-32(35)27(3)38(34)30-18-10-8-11-19-30/h6,8-18,20,22-25,27-31,37-39,42H,1,7,19,21,26H2,2-5H3/b25-16+,33-24-,34-17?. The Kier molecular flexibility index (Phi) is 12.3. The number of esters is 1. The van der Waals surface area contributed by atoms with Gasteiger partial charge in [0, 0.05) is 6.42 Å². The van der Waals surface area contributed by atoms with E-state index >= 15 is 0 Å². The highest BCUT2D eigenvalue weighted by atomic mass is 16.6. The van der Waals surface area contributed by atoms with Crippen LogP contribution in [0.15, 0.2) is 121 Å². The van der Waals surface area contributed by atoms with Crippen LogP contribution in [0.2, 0.25) is 0 Å². The second-order valence-electron chi connectivity index (χ2n) is 12.2. The molecule has 3 aliphatic carbocycles. The number of Topliss-reactive ketones (excluding diaryl/α,β-unsaturated/α-hetero) is 1. The normalized spacial score (nSPS) is 29.2. The highest BCUT2D eigenvalue weighted by Crippen LogP contribution is 2.52. The molecule has 0 saturated carbocycles. The molecule has 0 amide bonds. The third-order valence-electron chi connectivity index (χ3n) is 9.43. The van der Waals surface area contributed by atoms with Gasteiger partial charge in [0.1, 0.15) is 6.61 Å². The average molecular weight is 609 g/mol. The largest absolute Gasteiger partial charge is 0.498 e. The summed E-state index contributed by atoms with van der Waals surface area (Å²) in [6.45, 7) is 11.7. The first-order valence-electron chi connectivity index (χ1n) is 16.3. The van der Waals surface area contributed by atoms with Crippen molar-refractivity contribution in [1.82, 2.24) is 0 Å². The first kappa shape index (κ1) is 33.9. The van der Waals surface area contributed by atoms with E-state index < -0.39 is 18.2 Å². The molecule has 8 atom stereocenters. The molecule has 0 spiro atoms. The number of rotatable bonds is 11. The zero-order valence-electron chi connectivity index (χ0n) is 27.0. The second-order valence-corrected chi connectivity index (χ2v) is 12.2. The molecule has 5 nitrogen and oxygen atoms in total. The van der Waals surface area contributed by atoms with Crippen molar-refractivity contribution in [1.29, 1.82) is 0 Å². The molecule has 0 saturated heterocycles. The second kappa shape index (κ2) is 16.4. The van der Waals surface area contributed by atoms with Crippen LogP contribution in [0, 0.1) is 23.7 Å². The number of carbonyl (C=O) groups excluding carboxylic acids is 2. The molecule has 238 valence electrons. The third-order valence-corrected chi connectivity index (χ3v) is 9.43. The molecule has 5 heteroatoms. The maximum absolute atomic E-state index is 12.2. The Morgan fingerprint density at radius 2 is 1.58 bits per heavy atom. The summed E-state index contributed by atoms with van der Waals surface area (Å²) in [4.78, 5) is 24.0. The lowest BCUT2D eigenvalue weighted by molar-refractivity contribution is -0.164. The lowest BCUT2D eigenvalue weighted by Gasteiger charge is -2.43. The smallest absolute Gasteiger partial charge is 0.339 e. The van der Waals surface area contributed by atoms with Gasteiger partial charge in [-0.25, -0.2) is 4.79 Å². The van der Waals surface area contributed by atoms with Gasteiger partial charge >= 0.3 is 5.97 Å². The van der Waals surface area contributed by atoms with Crippen LogP contribution in [0.1, 0.15) is 69.9 Å². The summed E-state index contributed by atoms with van der Waals surface area (Å²) in [5.74, 6) is 0.516. The van der Waals surface area contributed by atoms with E-state index in [2.05, 4.69) is 105 Å². The lowest BCUT2D eigenvalue weighted by atomic mass is 9.61. The molecule has 0 heterocycles. The van der Waals surface area contributed by atoms with E-state index in [1.54, 1.807) is 6.92 Å². The number of hydrogen-bond donors (Lipinski definition) is 1. The maximum atomic E-state index is 12.2. The van der Waals surface area contributed by atoms with Gasteiger partial charge in [0.05, 0.1) is 6.26 Å². The molecule has 1 N–H and O–H groups in total. The highest BCUT2D eigenvalue weighted by Gasteiger charge is 2.40. The number of allylic oxidation sites excluding steroid dienone is 14. The van der Waals surface area contributed by atoms with E-state index in [-0.39, 0.29) is 42.5 Å². The first-order valence-corrected chi connectivity index (χ1v) is 16.3. The predicted molar refractivity (Wildman–Crippen MR) is 181 cm³/mol. The SMILES string of the molecule is C=CC=C1/C(=C\C=C\OCC(O)C(=O)OC(C)C(=O)CC)C(C)C(C2C=CC=CC2)c2ccccc2C(C)C1C1C=CC=CC1. The predicted octanol–water partition coefficient (Wildman–Crippen LogP) is 8.25. The summed E-state index contributed by atoms with van der Waals surface area (Å²) in [5.41, 5.74) is 5.31. The summed E-state index contributed by atoms with van der Waals surface area (Å²) in [5, 5.41) is 10.3. The van der Waals surface area contributed by atoms with Crippen LogP contribution >= 0.6 is 0 Å². The van der Waals surface area contributed by atoms with Gasteiger partial charge in [-0.3, -0.25) is 4.79 Å². The van der Waals surface area contributed by atoms with Crippen molar-refractivity contribution in [2.75, 3.05) is 6.61 Å². The Labute approximate surface area is 269 Å². The Bertz CT molecular complexity index is 1420. The molecule has 1 aromatic rings. The minimum Gasteiger partial charge on any atom is -0.498 e. The zero-order chi connectivity index (χ0) is 32.3. The Balaban J connectivity index is 1.69. The number of hydrogen-bond acceptors (Lipinski definition) is 5. The van der Waals surface area contributed by atoms with Gasteiger partial charge in [0.15, 0.2) is 18.0 Å². The third kappa shape index (κ3) is 8.20. The summed E-state index contributed by atoms with van der Waals surface area (Å²) in [7, 11) is 0. The highest BCUT2D eigenvalue weighted by molar-refractivity contribution is 5.85. The number of aliphatic hydroxyl groups is 1. The Morgan fingerprint density at radius 1 is 0.933 bits per heavy atom. The minimum atomic E-state index is -1.49. The zero-order valence-corrected chi connectivity index (χ0v) is 27.0. The fraction of sp³-hybridized carbons (Fsp3) is 0.400. The number of aliphatic hydroxyl groups excluding tert-OH is 1. The molecule has 4 rings (SSSR count). The molecule has 0 bridgehead atoms. The number of fused-ring (bicyclic) bond motifs is 1. The van der Waals surface area contributed by atoms with E-state index in [0.717, 1.165) is 12.8 Å². The molecule has 45 heavy (non-hydrogen) atoms. The van der Waals surface area contributed by atoms with Gasteiger partial charge in [0.2, 0.25) is 0 Å². The lowest BCUT2D eigenvalue weighted by Crippen LogP contribution is -2.33. The van der Waals surface area contributed by atoms with Crippen LogP contribution in [-0.4, -0.2) is 35.7 Å². The van der Waals surface area contributed by atoms with Crippen molar-refractivity contribution in [2.24, 2.45) is 23.7 Å². The first-order chi connectivity index (χ1) is 21.8. The molecule has 3 aliphatic rings. The summed E-state index contributed by atoms with van der Waals surface area (Å²) in [6, 6.07) is 8.98. The van der Waals surface area contributed by atoms with E-state index in [0.29, 0.717) is 11.8 Å². The number of ether oxygens (including phenoxy) is 2. The fourth-order valence-corrected chi connectivity index (χ4v) is 7.15. The quantitative estimate of drug-likeness (QED) is 0.202. The molecule has 8 unspecified atom stereocenters. The Hall–Kier alpha value is -3.96. The van der Waals surface area contributed by atoms with E-state index in [4.69, 9.17) is 9.47 Å². The van der Waals surface area contributed by atoms with E-state index in [9.17, 15) is 14.7 Å². The van der Waals surface area contributed by atoms with E-state index in [1.807, 2.05) is 12.2 Å². The van der Waals surface area contributed by atoms with Crippen LogP contribution in [0.5, 0.6) is 0 Å². The Morgan fingerprint density at radius 3 is 2.18 bits per heavy atom. The number of benzene rings is 1. The van der Waals surface area contributed by atoms with Crippen LogP contribution in [0.25, 0.3) is 0 Å². The molecule has 0 fully saturated rings. The molecule has 1 aromatic carbocycles. The summed E-state index contributed by atoms with van der Waals surface area (Å²) < 4.78 is 10.7. The molecular weight excluding hydrogens is 560 g/mol. The fourth-order valence-electron chi connectivity index (χ4n) is 7.15. The summed E-state index contributed by atoms with van der Waals surface area (Å²) in [6.07, 6.45) is 27.2. The van der Waals surface area contributed by atoms with Crippen molar-refractivity contribution in [2.45, 2.75) is 71.0 Å². The van der Waals surface area contributed by atoms with Gasteiger partial charge < -0.3 is 14.6 Å². The van der Waals surface area contributed by atoms with Crippen molar-refractivity contribution in [3.63, 3.8) is 0 Å². The van der Waals surface area contributed by atoms with Crippen LogP contribution in [0.4, 0.5) is 0 Å².